The van der Waals surface area contributed by atoms with E-state index in [9.17, 15) is 0 Å². The summed E-state index contributed by atoms with van der Waals surface area (Å²) in [6.45, 7) is 4.76. The molecule has 1 aromatic heterocycles. The summed E-state index contributed by atoms with van der Waals surface area (Å²) in [5.74, 6) is 1.27. The Balaban J connectivity index is 2.73. The van der Waals surface area contributed by atoms with Crippen LogP contribution in [0.15, 0.2) is 12.3 Å². The third-order valence-corrected chi connectivity index (χ3v) is 1.85. The van der Waals surface area contributed by atoms with Crippen molar-refractivity contribution in [1.29, 1.82) is 0 Å². The van der Waals surface area contributed by atoms with Gasteiger partial charge in [-0.1, -0.05) is 6.92 Å². The molecular weight excluding hydrogens is 150 g/mol. The molecule has 1 heterocycles. The highest BCUT2D eigenvalue weighted by Gasteiger charge is 2.06. The zero-order chi connectivity index (χ0) is 8.97. The van der Waals surface area contributed by atoms with E-state index in [4.69, 9.17) is 5.73 Å². The van der Waals surface area contributed by atoms with Crippen LogP contribution in [-0.4, -0.2) is 16.5 Å². The Morgan fingerprint density at radius 2 is 2.33 bits per heavy atom. The molecule has 2 N–H and O–H groups in total. The normalized spacial score (nSPS) is 12.9. The summed E-state index contributed by atoms with van der Waals surface area (Å²) in [4.78, 5) is 8.52. The van der Waals surface area contributed by atoms with Crippen LogP contribution < -0.4 is 5.73 Å². The summed E-state index contributed by atoms with van der Waals surface area (Å²) in [5, 5.41) is 0. The molecule has 0 aliphatic rings. The topological polar surface area (TPSA) is 51.8 Å². The van der Waals surface area contributed by atoms with E-state index in [0.717, 1.165) is 17.9 Å². The standard InChI is InChI=1S/C9H15N3/c1-7(3-5-10)9-11-6-4-8(2)12-9/h4,6-7H,3,5,10H2,1-2H3. The van der Waals surface area contributed by atoms with Crippen LogP contribution in [0.1, 0.15) is 30.8 Å². The van der Waals surface area contributed by atoms with Gasteiger partial charge < -0.3 is 5.73 Å². The zero-order valence-electron chi connectivity index (χ0n) is 7.62. The second kappa shape index (κ2) is 4.16. The molecule has 12 heavy (non-hydrogen) atoms. The highest BCUT2D eigenvalue weighted by molar-refractivity contribution is 5.02. The van der Waals surface area contributed by atoms with Crippen molar-refractivity contribution in [3.8, 4) is 0 Å². The van der Waals surface area contributed by atoms with Gasteiger partial charge in [0, 0.05) is 17.8 Å². The Morgan fingerprint density at radius 3 is 2.92 bits per heavy atom. The lowest BCUT2D eigenvalue weighted by Gasteiger charge is -2.07. The first-order valence-corrected chi connectivity index (χ1v) is 4.23. The lowest BCUT2D eigenvalue weighted by atomic mass is 10.1. The van der Waals surface area contributed by atoms with E-state index >= 15 is 0 Å². The predicted octanol–water partition coefficient (Wildman–Crippen LogP) is 1.24. The minimum absolute atomic E-state index is 0.370. The van der Waals surface area contributed by atoms with Crippen molar-refractivity contribution in [2.45, 2.75) is 26.2 Å². The first kappa shape index (κ1) is 9.13. The molecule has 0 spiro atoms. The van der Waals surface area contributed by atoms with Crippen LogP contribution in [0.2, 0.25) is 0 Å². The maximum Gasteiger partial charge on any atom is 0.131 e. The summed E-state index contributed by atoms with van der Waals surface area (Å²) < 4.78 is 0. The van der Waals surface area contributed by atoms with Crippen molar-refractivity contribution in [2.24, 2.45) is 5.73 Å². The lowest BCUT2D eigenvalue weighted by molar-refractivity contribution is 0.644. The number of aromatic nitrogens is 2. The molecule has 0 saturated heterocycles. The third kappa shape index (κ3) is 2.27. The molecule has 1 rings (SSSR count). The molecule has 0 saturated carbocycles. The molecule has 3 nitrogen and oxygen atoms in total. The minimum Gasteiger partial charge on any atom is -0.330 e. The molecule has 0 radical (unpaired) electrons. The SMILES string of the molecule is Cc1ccnc(C(C)CCN)n1. The van der Waals surface area contributed by atoms with Crippen molar-refractivity contribution in [1.82, 2.24) is 9.97 Å². The Morgan fingerprint density at radius 1 is 1.58 bits per heavy atom. The van der Waals surface area contributed by atoms with Gasteiger partial charge >= 0.3 is 0 Å². The molecule has 1 unspecified atom stereocenters. The van der Waals surface area contributed by atoms with E-state index in [1.807, 2.05) is 13.0 Å². The van der Waals surface area contributed by atoms with Crippen LogP contribution in [0.3, 0.4) is 0 Å². The summed E-state index contributed by atoms with van der Waals surface area (Å²) in [7, 11) is 0. The molecule has 0 aliphatic heterocycles. The van der Waals surface area contributed by atoms with E-state index in [-0.39, 0.29) is 0 Å². The molecule has 66 valence electrons. The molecule has 0 aliphatic carbocycles. The fourth-order valence-electron chi connectivity index (χ4n) is 1.08. The van der Waals surface area contributed by atoms with Gasteiger partial charge in [0.2, 0.25) is 0 Å². The smallest absolute Gasteiger partial charge is 0.131 e. The molecule has 0 aromatic carbocycles. The van der Waals surface area contributed by atoms with E-state index in [0.29, 0.717) is 12.5 Å². The second-order valence-corrected chi connectivity index (χ2v) is 3.03. The van der Waals surface area contributed by atoms with Gasteiger partial charge in [-0.3, -0.25) is 0 Å². The number of rotatable bonds is 3. The van der Waals surface area contributed by atoms with E-state index < -0.39 is 0 Å². The van der Waals surface area contributed by atoms with Crippen LogP contribution in [0.25, 0.3) is 0 Å². The van der Waals surface area contributed by atoms with Gasteiger partial charge in [0.25, 0.3) is 0 Å². The van der Waals surface area contributed by atoms with Gasteiger partial charge in [0.15, 0.2) is 0 Å². The number of nitrogens with zero attached hydrogens (tertiary/aromatic N) is 2. The quantitative estimate of drug-likeness (QED) is 0.733. The molecule has 3 heteroatoms. The minimum atomic E-state index is 0.370. The molecule has 0 bridgehead atoms. The second-order valence-electron chi connectivity index (χ2n) is 3.03. The van der Waals surface area contributed by atoms with Crippen LogP contribution >= 0.6 is 0 Å². The van der Waals surface area contributed by atoms with Crippen molar-refractivity contribution < 1.29 is 0 Å². The Bertz CT molecular complexity index is 247. The molecule has 0 fully saturated rings. The summed E-state index contributed by atoms with van der Waals surface area (Å²) >= 11 is 0. The van der Waals surface area contributed by atoms with Gasteiger partial charge in [-0.2, -0.15) is 0 Å². The van der Waals surface area contributed by atoms with Gasteiger partial charge in [-0.05, 0) is 26.0 Å². The van der Waals surface area contributed by atoms with Crippen LogP contribution in [0.4, 0.5) is 0 Å². The van der Waals surface area contributed by atoms with Crippen LogP contribution in [0, 0.1) is 6.92 Å². The van der Waals surface area contributed by atoms with Crippen molar-refractivity contribution in [2.75, 3.05) is 6.54 Å². The van der Waals surface area contributed by atoms with Crippen LogP contribution in [0.5, 0.6) is 0 Å². The fraction of sp³-hybridized carbons (Fsp3) is 0.556. The molecule has 1 aromatic rings. The number of nitrogens with two attached hydrogens (primary N) is 1. The third-order valence-electron chi connectivity index (χ3n) is 1.85. The largest absolute Gasteiger partial charge is 0.330 e. The number of aryl methyl sites for hydroxylation is 1. The first-order chi connectivity index (χ1) is 5.74. The van der Waals surface area contributed by atoms with Gasteiger partial charge in [0.1, 0.15) is 5.82 Å². The molecule has 0 amide bonds. The van der Waals surface area contributed by atoms with Crippen molar-refractivity contribution >= 4 is 0 Å². The Labute approximate surface area is 73.0 Å². The number of hydrogen-bond donors (Lipinski definition) is 1. The summed E-state index contributed by atoms with van der Waals surface area (Å²) in [6, 6.07) is 1.90. The van der Waals surface area contributed by atoms with Gasteiger partial charge in [0.05, 0.1) is 0 Å². The maximum absolute atomic E-state index is 5.45. The average molecular weight is 165 g/mol. The van der Waals surface area contributed by atoms with E-state index in [1.54, 1.807) is 6.20 Å². The van der Waals surface area contributed by atoms with Gasteiger partial charge in [-0.15, -0.1) is 0 Å². The highest BCUT2D eigenvalue weighted by Crippen LogP contribution is 2.12. The van der Waals surface area contributed by atoms with E-state index in [1.165, 1.54) is 0 Å². The van der Waals surface area contributed by atoms with Crippen molar-refractivity contribution in [3.05, 3.63) is 23.8 Å². The fourth-order valence-corrected chi connectivity index (χ4v) is 1.08. The lowest BCUT2D eigenvalue weighted by Crippen LogP contribution is -2.07. The Kier molecular flexibility index (Phi) is 3.17. The van der Waals surface area contributed by atoms with E-state index in [2.05, 4.69) is 16.9 Å². The summed E-state index contributed by atoms with van der Waals surface area (Å²) in [5.41, 5.74) is 6.47. The number of hydrogen-bond acceptors (Lipinski definition) is 3. The molecular formula is C9H15N3. The predicted molar refractivity (Wildman–Crippen MR) is 48.9 cm³/mol. The van der Waals surface area contributed by atoms with Crippen molar-refractivity contribution in [3.63, 3.8) is 0 Å². The van der Waals surface area contributed by atoms with Crippen LogP contribution in [-0.2, 0) is 0 Å². The zero-order valence-corrected chi connectivity index (χ0v) is 7.62. The average Bonchev–Trinajstić information content (AvgIpc) is 2.05. The highest BCUT2D eigenvalue weighted by atomic mass is 14.9. The molecule has 1 atom stereocenters. The van der Waals surface area contributed by atoms with Gasteiger partial charge in [-0.25, -0.2) is 9.97 Å². The first-order valence-electron chi connectivity index (χ1n) is 4.23. The maximum atomic E-state index is 5.45. The monoisotopic (exact) mass is 165 g/mol. The Hall–Kier alpha value is -0.960. The summed E-state index contributed by atoms with van der Waals surface area (Å²) in [6.07, 6.45) is 2.74.